The van der Waals surface area contributed by atoms with Gasteiger partial charge in [0.15, 0.2) is 6.61 Å². The van der Waals surface area contributed by atoms with Crippen LogP contribution in [-0.2, 0) is 4.79 Å². The van der Waals surface area contributed by atoms with Crippen LogP contribution in [0, 0.1) is 0 Å². The minimum absolute atomic E-state index is 0.0194. The molecule has 2 heterocycles. The Morgan fingerprint density at radius 3 is 2.83 bits per heavy atom. The van der Waals surface area contributed by atoms with Gasteiger partial charge >= 0.3 is 6.09 Å². The van der Waals surface area contributed by atoms with Gasteiger partial charge in [-0.05, 0) is 25.7 Å². The Morgan fingerprint density at radius 2 is 2.17 bits per heavy atom. The molecule has 2 amide bonds. The zero-order valence-corrected chi connectivity index (χ0v) is 12.8. The molecule has 0 spiro atoms. The topological polar surface area (TPSA) is 101 Å². The Balaban J connectivity index is 1.78. The molecule has 0 aromatic carbocycles. The minimum atomic E-state index is -1.00. The van der Waals surface area contributed by atoms with Gasteiger partial charge in [0.25, 0.3) is 5.91 Å². The van der Waals surface area contributed by atoms with Crippen LogP contribution in [0.2, 0.25) is 0 Å². The summed E-state index contributed by atoms with van der Waals surface area (Å²) >= 11 is 0. The number of nitrogens with one attached hydrogen (secondary N) is 1. The Morgan fingerprint density at radius 1 is 1.43 bits per heavy atom. The Bertz CT molecular complexity index is 613. The molecule has 0 radical (unpaired) electrons. The lowest BCUT2D eigenvalue weighted by Crippen LogP contribution is -2.49. The molecule has 2 aliphatic rings. The summed E-state index contributed by atoms with van der Waals surface area (Å²) in [5.74, 6) is 0.881. The number of pyridine rings is 1. The normalized spacial score (nSPS) is 23.7. The van der Waals surface area contributed by atoms with E-state index in [0.29, 0.717) is 30.2 Å². The quantitative estimate of drug-likeness (QED) is 0.872. The van der Waals surface area contributed by atoms with E-state index in [1.54, 1.807) is 24.3 Å². The largest absolute Gasteiger partial charge is 0.495 e. The highest BCUT2D eigenvalue weighted by molar-refractivity contribution is 5.98. The third kappa shape index (κ3) is 3.15. The van der Waals surface area contributed by atoms with Gasteiger partial charge in [-0.1, -0.05) is 0 Å². The first-order valence-electron chi connectivity index (χ1n) is 7.57. The maximum absolute atomic E-state index is 12.3. The lowest BCUT2D eigenvalue weighted by molar-refractivity contribution is -0.122. The van der Waals surface area contributed by atoms with E-state index in [1.165, 1.54) is 0 Å². The lowest BCUT2D eigenvalue weighted by Gasteiger charge is -2.39. The van der Waals surface area contributed by atoms with Gasteiger partial charge in [0.05, 0.1) is 13.3 Å². The Labute approximate surface area is 133 Å². The molecule has 1 aromatic rings. The van der Waals surface area contributed by atoms with Crippen molar-refractivity contribution in [2.75, 3.05) is 18.6 Å². The van der Waals surface area contributed by atoms with Crippen LogP contribution in [0.25, 0.3) is 0 Å². The molecule has 3 rings (SSSR count). The number of carbonyl (C=O) groups excluding carboxylic acids is 1. The molecule has 1 aliphatic heterocycles. The van der Waals surface area contributed by atoms with Crippen molar-refractivity contribution < 1.29 is 24.2 Å². The van der Waals surface area contributed by atoms with Crippen LogP contribution in [0.1, 0.15) is 25.7 Å². The Kier molecular flexibility index (Phi) is 4.22. The van der Waals surface area contributed by atoms with Crippen molar-refractivity contribution in [3.63, 3.8) is 0 Å². The lowest BCUT2D eigenvalue weighted by atomic mass is 9.89. The van der Waals surface area contributed by atoms with E-state index in [4.69, 9.17) is 14.6 Å². The Hall–Kier alpha value is -2.51. The van der Waals surface area contributed by atoms with E-state index in [2.05, 4.69) is 10.3 Å². The fourth-order valence-corrected chi connectivity index (χ4v) is 3.20. The average Bonchev–Trinajstić information content (AvgIpc) is 2.55. The SMILES string of the molecule is COc1cnc2c(c1)N([C@H]1CC[C@H](NC(=O)O)CC1)C(=O)CO2. The second-order valence-corrected chi connectivity index (χ2v) is 5.71. The monoisotopic (exact) mass is 321 g/mol. The number of anilines is 1. The number of fused-ring (bicyclic) bond motifs is 1. The molecule has 0 atom stereocenters. The molecule has 23 heavy (non-hydrogen) atoms. The number of carboxylic acid groups (broad SMARTS) is 1. The van der Waals surface area contributed by atoms with Gasteiger partial charge in [-0.2, -0.15) is 0 Å². The standard InChI is InChI=1S/C15H19N3O5/c1-22-11-6-12-14(16-7-11)23-8-13(19)18(12)10-4-2-9(3-5-10)17-15(20)21/h6-7,9-10,17H,2-5,8H2,1H3,(H,20,21)/t9-,10-. The van der Waals surface area contributed by atoms with E-state index in [1.807, 2.05) is 0 Å². The third-order valence-electron chi connectivity index (χ3n) is 4.29. The fraction of sp³-hybridized carbons (Fsp3) is 0.533. The molecule has 0 unspecified atom stereocenters. The summed E-state index contributed by atoms with van der Waals surface area (Å²) in [7, 11) is 1.54. The van der Waals surface area contributed by atoms with Crippen LogP contribution >= 0.6 is 0 Å². The first kappa shape index (κ1) is 15.4. The minimum Gasteiger partial charge on any atom is -0.495 e. The van der Waals surface area contributed by atoms with Crippen molar-refractivity contribution in [3.05, 3.63) is 12.3 Å². The predicted molar refractivity (Wildman–Crippen MR) is 81.0 cm³/mol. The molecule has 1 fully saturated rings. The summed E-state index contributed by atoms with van der Waals surface area (Å²) < 4.78 is 10.6. The van der Waals surface area contributed by atoms with Crippen LogP contribution in [-0.4, -0.2) is 47.9 Å². The van der Waals surface area contributed by atoms with Gasteiger partial charge in [0.1, 0.15) is 11.4 Å². The van der Waals surface area contributed by atoms with E-state index >= 15 is 0 Å². The predicted octanol–water partition coefficient (Wildman–Crippen LogP) is 1.39. The number of methoxy groups -OCH3 is 1. The third-order valence-corrected chi connectivity index (χ3v) is 4.29. The van der Waals surface area contributed by atoms with Gasteiger partial charge in [0, 0.05) is 18.2 Å². The van der Waals surface area contributed by atoms with E-state index in [0.717, 1.165) is 12.8 Å². The first-order valence-corrected chi connectivity index (χ1v) is 7.57. The van der Waals surface area contributed by atoms with E-state index in [9.17, 15) is 9.59 Å². The van der Waals surface area contributed by atoms with Crippen LogP contribution in [0.3, 0.4) is 0 Å². The van der Waals surface area contributed by atoms with Crippen LogP contribution < -0.4 is 19.7 Å². The highest BCUT2D eigenvalue weighted by atomic mass is 16.5. The number of ether oxygens (including phenoxy) is 2. The number of aromatic nitrogens is 1. The number of carbonyl (C=O) groups is 2. The summed E-state index contributed by atoms with van der Waals surface area (Å²) in [6.07, 6.45) is 3.42. The molecule has 1 saturated carbocycles. The van der Waals surface area contributed by atoms with E-state index in [-0.39, 0.29) is 24.6 Å². The smallest absolute Gasteiger partial charge is 0.404 e. The summed E-state index contributed by atoms with van der Waals surface area (Å²) in [6, 6.07) is 1.72. The fourth-order valence-electron chi connectivity index (χ4n) is 3.20. The molecular formula is C15H19N3O5. The maximum Gasteiger partial charge on any atom is 0.404 e. The number of hydrogen-bond donors (Lipinski definition) is 2. The summed E-state index contributed by atoms with van der Waals surface area (Å²) in [5.41, 5.74) is 0.621. The molecular weight excluding hydrogens is 302 g/mol. The zero-order valence-electron chi connectivity index (χ0n) is 12.8. The van der Waals surface area contributed by atoms with Crippen LogP contribution in [0.15, 0.2) is 12.3 Å². The maximum atomic E-state index is 12.3. The van der Waals surface area contributed by atoms with Gasteiger partial charge in [-0.15, -0.1) is 0 Å². The zero-order chi connectivity index (χ0) is 16.4. The van der Waals surface area contributed by atoms with Crippen molar-refractivity contribution in [3.8, 4) is 11.6 Å². The second kappa shape index (κ2) is 6.31. The first-order chi connectivity index (χ1) is 11.1. The number of rotatable bonds is 3. The second-order valence-electron chi connectivity index (χ2n) is 5.71. The highest BCUT2D eigenvalue weighted by Gasteiger charge is 2.35. The van der Waals surface area contributed by atoms with E-state index < -0.39 is 6.09 Å². The summed E-state index contributed by atoms with van der Waals surface area (Å²) in [6.45, 7) is -0.0281. The van der Waals surface area contributed by atoms with Crippen LogP contribution in [0.5, 0.6) is 11.6 Å². The number of amides is 2. The van der Waals surface area contributed by atoms with Gasteiger partial charge in [-0.3, -0.25) is 4.79 Å². The van der Waals surface area contributed by atoms with Crippen molar-refractivity contribution in [2.45, 2.75) is 37.8 Å². The molecule has 8 heteroatoms. The molecule has 2 N–H and O–H groups in total. The van der Waals surface area contributed by atoms with Crippen molar-refractivity contribution in [1.82, 2.24) is 10.3 Å². The van der Waals surface area contributed by atoms with Gasteiger partial charge in [0.2, 0.25) is 5.88 Å². The van der Waals surface area contributed by atoms with Crippen molar-refractivity contribution in [2.24, 2.45) is 0 Å². The van der Waals surface area contributed by atoms with Crippen molar-refractivity contribution >= 4 is 17.7 Å². The summed E-state index contributed by atoms with van der Waals surface area (Å²) in [5, 5.41) is 11.3. The van der Waals surface area contributed by atoms with Crippen molar-refractivity contribution in [1.29, 1.82) is 0 Å². The number of hydrogen-bond acceptors (Lipinski definition) is 5. The average molecular weight is 321 g/mol. The van der Waals surface area contributed by atoms with Gasteiger partial charge < -0.3 is 24.8 Å². The molecule has 1 aromatic heterocycles. The molecule has 8 nitrogen and oxygen atoms in total. The molecule has 124 valence electrons. The van der Waals surface area contributed by atoms with Gasteiger partial charge in [-0.25, -0.2) is 9.78 Å². The van der Waals surface area contributed by atoms with Crippen LogP contribution in [0.4, 0.5) is 10.5 Å². The summed E-state index contributed by atoms with van der Waals surface area (Å²) in [4.78, 5) is 29.0. The molecule has 1 aliphatic carbocycles. The molecule has 0 bridgehead atoms. The molecule has 0 saturated heterocycles. The highest BCUT2D eigenvalue weighted by Crippen LogP contribution is 2.37. The number of nitrogens with zero attached hydrogens (tertiary/aromatic N) is 2.